The highest BCUT2D eigenvalue weighted by atomic mass is 16.5. The maximum absolute atomic E-state index is 12.1. The van der Waals surface area contributed by atoms with Crippen LogP contribution < -0.4 is 5.32 Å². The summed E-state index contributed by atoms with van der Waals surface area (Å²) >= 11 is 0. The van der Waals surface area contributed by atoms with Crippen LogP contribution in [-0.2, 0) is 14.3 Å². The summed E-state index contributed by atoms with van der Waals surface area (Å²) in [5.74, 6) is 0.135. The van der Waals surface area contributed by atoms with Gasteiger partial charge < -0.3 is 19.7 Å². The molecule has 0 aromatic heterocycles. The van der Waals surface area contributed by atoms with Gasteiger partial charge in [0.25, 0.3) is 0 Å². The van der Waals surface area contributed by atoms with Gasteiger partial charge in [-0.1, -0.05) is 0 Å². The third-order valence-corrected chi connectivity index (χ3v) is 3.20. The molecule has 92 valence electrons. The molecule has 2 unspecified atom stereocenters. The molecule has 1 amide bonds. The van der Waals surface area contributed by atoms with Crippen molar-refractivity contribution in [2.75, 3.05) is 40.0 Å². The fraction of sp³-hybridized carbons (Fsp3) is 0.909. The number of ether oxygens (including phenoxy) is 2. The largest absolute Gasteiger partial charge is 0.377 e. The van der Waals surface area contributed by atoms with Crippen molar-refractivity contribution in [1.29, 1.82) is 0 Å². The molecule has 2 heterocycles. The number of nitrogens with zero attached hydrogens (tertiary/aromatic N) is 1. The summed E-state index contributed by atoms with van der Waals surface area (Å²) in [6, 6.07) is -0.205. The van der Waals surface area contributed by atoms with Crippen molar-refractivity contribution >= 4 is 5.91 Å². The molecule has 2 saturated heterocycles. The summed E-state index contributed by atoms with van der Waals surface area (Å²) in [6.07, 6.45) is 2.40. The van der Waals surface area contributed by atoms with Gasteiger partial charge in [0.1, 0.15) is 6.04 Å². The lowest BCUT2D eigenvalue weighted by Crippen LogP contribution is -2.48. The summed E-state index contributed by atoms with van der Waals surface area (Å²) in [4.78, 5) is 14.0. The average molecular weight is 228 g/mol. The van der Waals surface area contributed by atoms with Crippen LogP contribution in [0, 0.1) is 0 Å². The Labute approximate surface area is 96.1 Å². The number of likely N-dealkylation sites (N-methyl/N-ethyl adjacent to an activating group) is 1. The standard InChI is InChI=1S/C11H20N2O3/c1-12-10-8-15-6-4-13(11(10)14)7-9-3-2-5-16-9/h9-10,12H,2-8H2,1H3. The van der Waals surface area contributed by atoms with E-state index in [1.54, 1.807) is 7.05 Å². The number of hydrogen-bond donors (Lipinski definition) is 1. The van der Waals surface area contributed by atoms with Crippen molar-refractivity contribution in [2.24, 2.45) is 0 Å². The molecule has 0 radical (unpaired) electrons. The molecule has 2 rings (SSSR count). The third-order valence-electron chi connectivity index (χ3n) is 3.20. The highest BCUT2D eigenvalue weighted by molar-refractivity contribution is 5.82. The Bertz CT molecular complexity index is 241. The van der Waals surface area contributed by atoms with Crippen LogP contribution in [0.25, 0.3) is 0 Å². The molecule has 0 spiro atoms. The molecule has 16 heavy (non-hydrogen) atoms. The zero-order valence-corrected chi connectivity index (χ0v) is 9.78. The average Bonchev–Trinajstić information content (AvgIpc) is 2.73. The molecule has 0 aliphatic carbocycles. The maximum Gasteiger partial charge on any atom is 0.242 e. The van der Waals surface area contributed by atoms with E-state index < -0.39 is 0 Å². The molecule has 2 atom stereocenters. The predicted octanol–water partition coefficient (Wildman–Crippen LogP) is -0.388. The minimum Gasteiger partial charge on any atom is -0.377 e. The Balaban J connectivity index is 1.92. The SMILES string of the molecule is CNC1COCCN(CC2CCCO2)C1=O. The van der Waals surface area contributed by atoms with Crippen molar-refractivity contribution < 1.29 is 14.3 Å². The van der Waals surface area contributed by atoms with E-state index in [0.717, 1.165) is 19.4 Å². The second-order valence-corrected chi connectivity index (χ2v) is 4.34. The molecule has 5 nitrogen and oxygen atoms in total. The van der Waals surface area contributed by atoms with Crippen LogP contribution in [-0.4, -0.2) is 62.9 Å². The maximum atomic E-state index is 12.1. The van der Waals surface area contributed by atoms with Gasteiger partial charge in [-0.2, -0.15) is 0 Å². The molecule has 2 aliphatic rings. The lowest BCUT2D eigenvalue weighted by Gasteiger charge is -2.25. The molecule has 2 aliphatic heterocycles. The molecule has 0 aromatic rings. The molecule has 1 N–H and O–H groups in total. The van der Waals surface area contributed by atoms with Gasteiger partial charge in [-0.3, -0.25) is 4.79 Å². The Morgan fingerprint density at radius 1 is 1.50 bits per heavy atom. The van der Waals surface area contributed by atoms with Crippen LogP contribution in [0.5, 0.6) is 0 Å². The van der Waals surface area contributed by atoms with Crippen LogP contribution in [0.3, 0.4) is 0 Å². The topological polar surface area (TPSA) is 50.8 Å². The predicted molar refractivity (Wildman–Crippen MR) is 59.2 cm³/mol. The van der Waals surface area contributed by atoms with Crippen molar-refractivity contribution in [3.05, 3.63) is 0 Å². The molecule has 0 bridgehead atoms. The van der Waals surface area contributed by atoms with E-state index in [-0.39, 0.29) is 18.1 Å². The lowest BCUT2D eigenvalue weighted by molar-refractivity contribution is -0.134. The molecule has 2 fully saturated rings. The first-order valence-corrected chi connectivity index (χ1v) is 5.96. The van der Waals surface area contributed by atoms with Crippen molar-refractivity contribution in [2.45, 2.75) is 25.0 Å². The fourth-order valence-corrected chi connectivity index (χ4v) is 2.20. The second kappa shape index (κ2) is 5.61. The van der Waals surface area contributed by atoms with Crippen molar-refractivity contribution in [3.63, 3.8) is 0 Å². The zero-order chi connectivity index (χ0) is 11.4. The van der Waals surface area contributed by atoms with Crippen LogP contribution >= 0.6 is 0 Å². The molecule has 0 aromatic carbocycles. The van der Waals surface area contributed by atoms with Crippen LogP contribution in [0.15, 0.2) is 0 Å². The fourth-order valence-electron chi connectivity index (χ4n) is 2.20. The Hall–Kier alpha value is -0.650. The number of amides is 1. The van der Waals surface area contributed by atoms with Gasteiger partial charge in [0, 0.05) is 19.7 Å². The Kier molecular flexibility index (Phi) is 4.15. The first kappa shape index (κ1) is 11.8. The first-order valence-electron chi connectivity index (χ1n) is 5.96. The molecular weight excluding hydrogens is 208 g/mol. The van der Waals surface area contributed by atoms with Gasteiger partial charge in [0.05, 0.1) is 19.3 Å². The molecule has 5 heteroatoms. The van der Waals surface area contributed by atoms with E-state index >= 15 is 0 Å². The lowest BCUT2D eigenvalue weighted by atomic mass is 10.2. The summed E-state index contributed by atoms with van der Waals surface area (Å²) < 4.78 is 11.0. The first-order chi connectivity index (χ1) is 7.81. The van der Waals surface area contributed by atoms with Gasteiger partial charge in [-0.05, 0) is 19.9 Å². The van der Waals surface area contributed by atoms with E-state index in [2.05, 4.69) is 5.32 Å². The van der Waals surface area contributed by atoms with Crippen molar-refractivity contribution in [1.82, 2.24) is 10.2 Å². The van der Waals surface area contributed by atoms with Gasteiger partial charge in [0.15, 0.2) is 0 Å². The van der Waals surface area contributed by atoms with Crippen LogP contribution in [0.1, 0.15) is 12.8 Å². The number of nitrogens with one attached hydrogen (secondary N) is 1. The van der Waals surface area contributed by atoms with E-state index in [4.69, 9.17) is 9.47 Å². The van der Waals surface area contributed by atoms with Gasteiger partial charge in [-0.15, -0.1) is 0 Å². The van der Waals surface area contributed by atoms with E-state index in [9.17, 15) is 4.79 Å². The second-order valence-electron chi connectivity index (χ2n) is 4.34. The number of carbonyl (C=O) groups excluding carboxylic acids is 1. The summed E-state index contributed by atoms with van der Waals surface area (Å²) in [6.45, 7) is 3.31. The van der Waals surface area contributed by atoms with Gasteiger partial charge >= 0.3 is 0 Å². The van der Waals surface area contributed by atoms with Crippen molar-refractivity contribution in [3.8, 4) is 0 Å². The minimum atomic E-state index is -0.205. The number of carbonyl (C=O) groups is 1. The number of hydrogen-bond acceptors (Lipinski definition) is 4. The van der Waals surface area contributed by atoms with Gasteiger partial charge in [-0.25, -0.2) is 0 Å². The molecular formula is C11H20N2O3. The van der Waals surface area contributed by atoms with Gasteiger partial charge in [0.2, 0.25) is 5.91 Å². The quantitative estimate of drug-likeness (QED) is 0.715. The van der Waals surface area contributed by atoms with Crippen LogP contribution in [0.2, 0.25) is 0 Å². The highest BCUT2D eigenvalue weighted by Gasteiger charge is 2.29. The zero-order valence-electron chi connectivity index (χ0n) is 9.78. The normalized spacial score (nSPS) is 31.8. The minimum absolute atomic E-state index is 0.135. The third kappa shape index (κ3) is 2.72. The van der Waals surface area contributed by atoms with E-state index in [1.807, 2.05) is 4.90 Å². The van der Waals surface area contributed by atoms with Crippen LogP contribution in [0.4, 0.5) is 0 Å². The molecule has 0 saturated carbocycles. The summed E-state index contributed by atoms with van der Waals surface area (Å²) in [5, 5.41) is 2.99. The number of rotatable bonds is 3. The summed E-state index contributed by atoms with van der Waals surface area (Å²) in [5.41, 5.74) is 0. The summed E-state index contributed by atoms with van der Waals surface area (Å²) in [7, 11) is 1.79. The smallest absolute Gasteiger partial charge is 0.242 e. The monoisotopic (exact) mass is 228 g/mol. The van der Waals surface area contributed by atoms with E-state index in [1.165, 1.54) is 0 Å². The Morgan fingerprint density at radius 2 is 2.38 bits per heavy atom. The van der Waals surface area contributed by atoms with E-state index in [0.29, 0.717) is 26.3 Å². The highest BCUT2D eigenvalue weighted by Crippen LogP contribution is 2.14. The Morgan fingerprint density at radius 3 is 3.06 bits per heavy atom.